The molecule has 0 atom stereocenters. The molecule has 1 aliphatic rings. The highest BCUT2D eigenvalue weighted by atomic mass is 28.3. The molecular formula is C56H62N2Si2. The molecule has 304 valence electrons. The van der Waals surface area contributed by atoms with E-state index in [0.29, 0.717) is 0 Å². The van der Waals surface area contributed by atoms with Gasteiger partial charge < -0.3 is 9.80 Å². The number of benzene rings is 8. The first-order valence-corrected chi connectivity index (χ1v) is 29.1. The summed E-state index contributed by atoms with van der Waals surface area (Å²) in [4.78, 5) is 5.25. The Morgan fingerprint density at radius 3 is 1.68 bits per heavy atom. The van der Waals surface area contributed by atoms with E-state index in [1.807, 2.05) is 0 Å². The fourth-order valence-corrected chi connectivity index (χ4v) is 12.6. The molecule has 0 N–H and O–H groups in total. The average molecular weight is 819 g/mol. The molecule has 0 saturated carbocycles. The van der Waals surface area contributed by atoms with Gasteiger partial charge in [-0.25, -0.2) is 0 Å². The molecule has 60 heavy (non-hydrogen) atoms. The molecule has 0 aromatic heterocycles. The van der Waals surface area contributed by atoms with Crippen LogP contribution in [0.25, 0.3) is 32.3 Å². The monoisotopic (exact) mass is 818 g/mol. The van der Waals surface area contributed by atoms with Crippen LogP contribution in [0.4, 0.5) is 34.1 Å². The highest BCUT2D eigenvalue weighted by Crippen LogP contribution is 2.54. The molecule has 1 aliphatic carbocycles. The Labute approximate surface area is 361 Å². The smallest absolute Gasteiger partial charge is 0.0776 e. The summed E-state index contributed by atoms with van der Waals surface area (Å²) in [6.07, 6.45) is 2.16. The number of anilines is 6. The third-order valence-corrected chi connectivity index (χ3v) is 17.8. The lowest BCUT2D eigenvalue weighted by molar-refractivity contribution is 0.475. The zero-order valence-electron chi connectivity index (χ0n) is 38.3. The van der Waals surface area contributed by atoms with Crippen LogP contribution in [0.3, 0.4) is 0 Å². The first-order chi connectivity index (χ1) is 28.3. The maximum absolute atomic E-state index is 2.63. The average Bonchev–Trinajstić information content (AvgIpc) is 3.18. The molecule has 8 aromatic rings. The summed E-state index contributed by atoms with van der Waals surface area (Å²) in [6.45, 7) is 31.2. The topological polar surface area (TPSA) is 6.48 Å². The molecule has 0 amide bonds. The van der Waals surface area contributed by atoms with E-state index in [0.717, 1.165) is 12.8 Å². The molecule has 0 bridgehead atoms. The lowest BCUT2D eigenvalue weighted by atomic mass is 9.70. The summed E-state index contributed by atoms with van der Waals surface area (Å²) in [5, 5.41) is 11.2. The first-order valence-electron chi connectivity index (χ1n) is 22.1. The largest absolute Gasteiger partial charge is 0.309 e. The molecule has 0 aliphatic heterocycles. The van der Waals surface area contributed by atoms with Gasteiger partial charge in [-0.15, -0.1) is 0 Å². The Kier molecular flexibility index (Phi) is 9.53. The Bertz CT molecular complexity index is 2950. The normalized spacial score (nSPS) is 14.1. The quantitative estimate of drug-likeness (QED) is 0.111. The van der Waals surface area contributed by atoms with Crippen LogP contribution in [0.15, 0.2) is 115 Å². The van der Waals surface area contributed by atoms with E-state index in [1.165, 1.54) is 116 Å². The Morgan fingerprint density at radius 2 is 1.05 bits per heavy atom. The fourth-order valence-electron chi connectivity index (χ4n) is 10.3. The summed E-state index contributed by atoms with van der Waals surface area (Å²) in [6, 6.07) is 45.1. The summed E-state index contributed by atoms with van der Waals surface area (Å²) in [5.74, 6) is 0. The van der Waals surface area contributed by atoms with Crippen molar-refractivity contribution in [1.29, 1.82) is 0 Å². The van der Waals surface area contributed by atoms with Crippen molar-refractivity contribution in [2.45, 2.75) is 106 Å². The van der Waals surface area contributed by atoms with E-state index in [9.17, 15) is 0 Å². The summed E-state index contributed by atoms with van der Waals surface area (Å²) in [7, 11) is -3.23. The number of aryl methyl sites for hydroxylation is 6. The van der Waals surface area contributed by atoms with E-state index < -0.39 is 16.1 Å². The van der Waals surface area contributed by atoms with Crippen molar-refractivity contribution in [3.63, 3.8) is 0 Å². The van der Waals surface area contributed by atoms with Gasteiger partial charge in [-0.05, 0) is 144 Å². The van der Waals surface area contributed by atoms with Crippen molar-refractivity contribution >= 4 is 93.0 Å². The van der Waals surface area contributed by atoms with Crippen LogP contribution in [0, 0.1) is 34.6 Å². The van der Waals surface area contributed by atoms with E-state index in [2.05, 4.69) is 213 Å². The number of nitrogens with zero attached hydrogens (tertiary/aromatic N) is 2. The Balaban J connectivity index is 1.44. The molecule has 0 heterocycles. The van der Waals surface area contributed by atoms with Gasteiger partial charge in [0, 0.05) is 27.5 Å². The number of para-hydroxylation sites is 2. The fraction of sp³-hybridized carbons (Fsp3) is 0.286. The SMILES string of the molecule is Cc1ccc([Si](C)(C)C)cc1N(c1c(C)cccc1C)c1ccc2ccc3c(N(c4cccc([Si](C)(C)C)c4)c4c(C)cccc4C)cc4c5c(cc1c2c35)C(C)(C)CC4. The lowest BCUT2D eigenvalue weighted by Gasteiger charge is -2.37. The summed E-state index contributed by atoms with van der Waals surface area (Å²) < 4.78 is 0. The Morgan fingerprint density at radius 1 is 0.467 bits per heavy atom. The van der Waals surface area contributed by atoms with Gasteiger partial charge in [-0.1, -0.05) is 142 Å². The van der Waals surface area contributed by atoms with Gasteiger partial charge in [0.1, 0.15) is 0 Å². The van der Waals surface area contributed by atoms with E-state index in [4.69, 9.17) is 0 Å². The van der Waals surface area contributed by atoms with Gasteiger partial charge in [0.15, 0.2) is 0 Å². The summed E-state index contributed by atoms with van der Waals surface area (Å²) >= 11 is 0. The second-order valence-electron chi connectivity index (χ2n) is 20.7. The van der Waals surface area contributed by atoms with Crippen LogP contribution in [-0.2, 0) is 11.8 Å². The van der Waals surface area contributed by atoms with Crippen LogP contribution in [0.1, 0.15) is 59.2 Å². The van der Waals surface area contributed by atoms with E-state index >= 15 is 0 Å². The number of rotatable bonds is 8. The molecule has 8 aromatic carbocycles. The zero-order chi connectivity index (χ0) is 42.6. The summed E-state index contributed by atoms with van der Waals surface area (Å²) in [5.41, 5.74) is 17.0. The van der Waals surface area contributed by atoms with Crippen molar-refractivity contribution < 1.29 is 0 Å². The van der Waals surface area contributed by atoms with Crippen molar-refractivity contribution in [1.82, 2.24) is 0 Å². The van der Waals surface area contributed by atoms with Crippen molar-refractivity contribution in [2.24, 2.45) is 0 Å². The first kappa shape index (κ1) is 40.3. The van der Waals surface area contributed by atoms with Gasteiger partial charge in [-0.2, -0.15) is 0 Å². The molecule has 9 rings (SSSR count). The van der Waals surface area contributed by atoms with E-state index in [-0.39, 0.29) is 5.41 Å². The second kappa shape index (κ2) is 14.2. The minimum Gasteiger partial charge on any atom is -0.309 e. The minimum atomic E-state index is -1.63. The van der Waals surface area contributed by atoms with Crippen LogP contribution < -0.4 is 20.2 Å². The molecule has 0 saturated heterocycles. The zero-order valence-corrected chi connectivity index (χ0v) is 40.3. The van der Waals surface area contributed by atoms with Gasteiger partial charge in [-0.3, -0.25) is 0 Å². The molecule has 0 fully saturated rings. The standard InChI is InChI=1S/C56H62N2Si2/c1-35-23-26-44(60(11,12)13)33-49(35)58(55-38(4)19-15-20-39(55)5)48-28-25-40-24-27-45-50(31-41-29-30-56(6,7)47-34-46(48)51(40)53(45)52(41)47)57(54-36(2)17-14-18-37(54)3)42-21-16-22-43(32-42)59(8,9)10/h14-28,31-34H,29-30H2,1-13H3. The molecule has 0 radical (unpaired) electrons. The number of hydrogen-bond donors (Lipinski definition) is 0. The molecule has 2 nitrogen and oxygen atoms in total. The predicted molar refractivity (Wildman–Crippen MR) is 271 cm³/mol. The third-order valence-electron chi connectivity index (χ3n) is 13.8. The van der Waals surface area contributed by atoms with Crippen molar-refractivity contribution in [3.8, 4) is 0 Å². The predicted octanol–water partition coefficient (Wildman–Crippen LogP) is 15.4. The third kappa shape index (κ3) is 6.50. The Hall–Kier alpha value is -5.17. The highest BCUT2D eigenvalue weighted by molar-refractivity contribution is 6.89. The van der Waals surface area contributed by atoms with Gasteiger partial charge in [0.25, 0.3) is 0 Å². The molecule has 4 heteroatoms. The van der Waals surface area contributed by atoms with Crippen molar-refractivity contribution in [2.75, 3.05) is 9.80 Å². The highest BCUT2D eigenvalue weighted by Gasteiger charge is 2.34. The maximum atomic E-state index is 2.63. The van der Waals surface area contributed by atoms with Gasteiger partial charge in [0.2, 0.25) is 0 Å². The number of hydrogen-bond acceptors (Lipinski definition) is 2. The minimum absolute atomic E-state index is 0.0173. The second-order valence-corrected chi connectivity index (χ2v) is 30.8. The van der Waals surface area contributed by atoms with Crippen LogP contribution in [0.5, 0.6) is 0 Å². The molecule has 0 spiro atoms. The van der Waals surface area contributed by atoms with Gasteiger partial charge >= 0.3 is 0 Å². The lowest BCUT2D eigenvalue weighted by Crippen LogP contribution is -2.38. The van der Waals surface area contributed by atoms with Gasteiger partial charge in [0.05, 0.1) is 38.9 Å². The van der Waals surface area contributed by atoms with Crippen LogP contribution in [0.2, 0.25) is 39.3 Å². The van der Waals surface area contributed by atoms with E-state index in [1.54, 1.807) is 0 Å². The maximum Gasteiger partial charge on any atom is 0.0776 e. The van der Waals surface area contributed by atoms with Crippen LogP contribution >= 0.6 is 0 Å². The molecule has 0 unspecified atom stereocenters. The van der Waals surface area contributed by atoms with Crippen LogP contribution in [-0.4, -0.2) is 16.1 Å². The van der Waals surface area contributed by atoms with Crippen molar-refractivity contribution in [3.05, 3.63) is 154 Å². The molecular weight excluding hydrogens is 757 g/mol.